The van der Waals surface area contributed by atoms with Crippen molar-refractivity contribution >= 4 is 5.69 Å². The number of anilines is 1. The van der Waals surface area contributed by atoms with Crippen molar-refractivity contribution in [3.8, 4) is 0 Å². The van der Waals surface area contributed by atoms with E-state index in [2.05, 4.69) is 5.10 Å². The van der Waals surface area contributed by atoms with Gasteiger partial charge in [-0.3, -0.25) is 4.68 Å². The van der Waals surface area contributed by atoms with Crippen LogP contribution in [0.3, 0.4) is 0 Å². The standard InChI is InChI=1S/C11H17N3O/c1-7-11(12)6-14(13-7)8-4-9-2-3-10(5-8)15-9/h6,8-10H,2-5,12H2,1H3/t9-,10-/m1/s1. The molecular formula is C11H17N3O. The minimum Gasteiger partial charge on any atom is -0.396 e. The number of nitrogen functional groups attached to an aromatic ring is 1. The molecule has 2 saturated heterocycles. The fraction of sp³-hybridized carbons (Fsp3) is 0.727. The Balaban J connectivity index is 1.82. The molecule has 0 unspecified atom stereocenters. The zero-order chi connectivity index (χ0) is 10.4. The third-order valence-electron chi connectivity index (χ3n) is 3.59. The molecule has 2 atom stereocenters. The number of hydrogen-bond acceptors (Lipinski definition) is 3. The van der Waals surface area contributed by atoms with Gasteiger partial charge in [0.1, 0.15) is 0 Å². The van der Waals surface area contributed by atoms with Crippen molar-refractivity contribution in [2.24, 2.45) is 0 Å². The van der Waals surface area contributed by atoms with Crippen LogP contribution in [0.2, 0.25) is 0 Å². The van der Waals surface area contributed by atoms with Crippen molar-refractivity contribution in [1.29, 1.82) is 0 Å². The quantitative estimate of drug-likeness (QED) is 0.762. The zero-order valence-electron chi connectivity index (χ0n) is 9.02. The van der Waals surface area contributed by atoms with Gasteiger partial charge in [0.25, 0.3) is 0 Å². The third-order valence-corrected chi connectivity index (χ3v) is 3.59. The number of nitrogens with two attached hydrogens (primary N) is 1. The maximum absolute atomic E-state index is 5.82. The van der Waals surface area contributed by atoms with E-state index in [1.807, 2.05) is 17.8 Å². The fourth-order valence-electron chi connectivity index (χ4n) is 2.73. The highest BCUT2D eigenvalue weighted by atomic mass is 16.5. The number of hydrogen-bond donors (Lipinski definition) is 1. The summed E-state index contributed by atoms with van der Waals surface area (Å²) in [4.78, 5) is 0. The van der Waals surface area contributed by atoms with Gasteiger partial charge < -0.3 is 10.5 Å². The van der Waals surface area contributed by atoms with Gasteiger partial charge in [-0.15, -0.1) is 0 Å². The largest absolute Gasteiger partial charge is 0.396 e. The third kappa shape index (κ3) is 1.53. The maximum Gasteiger partial charge on any atom is 0.0823 e. The predicted octanol–water partition coefficient (Wildman–Crippen LogP) is 1.66. The number of rotatable bonds is 1. The molecule has 2 bridgehead atoms. The maximum atomic E-state index is 5.82. The van der Waals surface area contributed by atoms with Gasteiger partial charge in [-0.2, -0.15) is 5.10 Å². The van der Waals surface area contributed by atoms with E-state index in [1.54, 1.807) is 0 Å². The topological polar surface area (TPSA) is 53.1 Å². The van der Waals surface area contributed by atoms with Crippen molar-refractivity contribution in [3.05, 3.63) is 11.9 Å². The smallest absolute Gasteiger partial charge is 0.0823 e. The Hall–Kier alpha value is -1.03. The summed E-state index contributed by atoms with van der Waals surface area (Å²) in [6.07, 6.45) is 7.51. The molecule has 2 N–H and O–H groups in total. The lowest BCUT2D eigenvalue weighted by Gasteiger charge is -2.28. The number of aromatic nitrogens is 2. The van der Waals surface area contributed by atoms with E-state index in [1.165, 1.54) is 12.8 Å². The molecular weight excluding hydrogens is 190 g/mol. The van der Waals surface area contributed by atoms with Gasteiger partial charge in [-0.1, -0.05) is 0 Å². The average Bonchev–Trinajstić information content (AvgIpc) is 2.72. The van der Waals surface area contributed by atoms with Crippen LogP contribution in [0, 0.1) is 6.92 Å². The molecule has 15 heavy (non-hydrogen) atoms. The highest BCUT2D eigenvalue weighted by molar-refractivity contribution is 5.39. The Morgan fingerprint density at radius 1 is 1.40 bits per heavy atom. The van der Waals surface area contributed by atoms with E-state index in [4.69, 9.17) is 10.5 Å². The Morgan fingerprint density at radius 2 is 2.07 bits per heavy atom. The lowest BCUT2D eigenvalue weighted by atomic mass is 10.0. The summed E-state index contributed by atoms with van der Waals surface area (Å²) < 4.78 is 7.85. The Bertz CT molecular complexity index is 342. The van der Waals surface area contributed by atoms with E-state index < -0.39 is 0 Å². The summed E-state index contributed by atoms with van der Waals surface area (Å²) >= 11 is 0. The van der Waals surface area contributed by atoms with Crippen LogP contribution < -0.4 is 5.73 Å². The van der Waals surface area contributed by atoms with Crippen LogP contribution in [0.15, 0.2) is 6.20 Å². The molecule has 2 aliphatic rings. The first-order valence-electron chi connectivity index (χ1n) is 5.69. The van der Waals surface area contributed by atoms with Crippen LogP contribution in [0.5, 0.6) is 0 Å². The Labute approximate surface area is 89.4 Å². The van der Waals surface area contributed by atoms with Crippen molar-refractivity contribution in [1.82, 2.24) is 9.78 Å². The molecule has 0 amide bonds. The molecule has 1 aromatic heterocycles. The van der Waals surface area contributed by atoms with Crippen molar-refractivity contribution in [2.45, 2.75) is 50.9 Å². The SMILES string of the molecule is Cc1nn(C2C[C@H]3CC[C@H](C2)O3)cc1N. The summed E-state index contributed by atoms with van der Waals surface area (Å²) in [6.45, 7) is 1.96. The van der Waals surface area contributed by atoms with E-state index in [-0.39, 0.29) is 0 Å². The summed E-state index contributed by atoms with van der Waals surface area (Å²) in [5, 5.41) is 4.47. The number of aryl methyl sites for hydroxylation is 1. The molecule has 4 heteroatoms. The minimum atomic E-state index is 0.458. The molecule has 0 radical (unpaired) electrons. The second-order valence-electron chi connectivity index (χ2n) is 4.73. The Kier molecular flexibility index (Phi) is 1.99. The summed E-state index contributed by atoms with van der Waals surface area (Å²) in [5.41, 5.74) is 7.56. The zero-order valence-corrected chi connectivity index (χ0v) is 9.02. The number of ether oxygens (including phenoxy) is 1. The van der Waals surface area contributed by atoms with Crippen LogP contribution >= 0.6 is 0 Å². The van der Waals surface area contributed by atoms with Crippen molar-refractivity contribution in [3.63, 3.8) is 0 Å². The molecule has 82 valence electrons. The Morgan fingerprint density at radius 3 is 2.60 bits per heavy atom. The molecule has 0 aliphatic carbocycles. The molecule has 3 heterocycles. The van der Waals surface area contributed by atoms with Crippen LogP contribution in [-0.4, -0.2) is 22.0 Å². The van der Waals surface area contributed by atoms with Crippen molar-refractivity contribution in [2.75, 3.05) is 5.73 Å². The van der Waals surface area contributed by atoms with Gasteiger partial charge in [0.2, 0.25) is 0 Å². The average molecular weight is 207 g/mol. The molecule has 1 aromatic rings. The van der Waals surface area contributed by atoms with Gasteiger partial charge in [0, 0.05) is 6.20 Å². The highest BCUT2D eigenvalue weighted by Crippen LogP contribution is 2.38. The fourth-order valence-corrected chi connectivity index (χ4v) is 2.73. The minimum absolute atomic E-state index is 0.458. The van der Waals surface area contributed by atoms with Crippen LogP contribution in [-0.2, 0) is 4.74 Å². The first kappa shape index (κ1) is 9.21. The van der Waals surface area contributed by atoms with E-state index in [9.17, 15) is 0 Å². The second kappa shape index (κ2) is 3.23. The normalized spacial score (nSPS) is 34.6. The van der Waals surface area contributed by atoms with E-state index in [0.717, 1.165) is 24.2 Å². The van der Waals surface area contributed by atoms with Crippen LogP contribution in [0.25, 0.3) is 0 Å². The molecule has 0 spiro atoms. The van der Waals surface area contributed by atoms with Crippen molar-refractivity contribution < 1.29 is 4.74 Å². The molecule has 0 saturated carbocycles. The summed E-state index contributed by atoms with van der Waals surface area (Å²) in [6, 6.07) is 0.493. The molecule has 0 aromatic carbocycles. The molecule has 4 nitrogen and oxygen atoms in total. The highest BCUT2D eigenvalue weighted by Gasteiger charge is 2.36. The molecule has 3 rings (SSSR count). The van der Waals surface area contributed by atoms with Gasteiger partial charge in [0.05, 0.1) is 29.6 Å². The van der Waals surface area contributed by atoms with E-state index >= 15 is 0 Å². The molecule has 2 fully saturated rings. The summed E-state index contributed by atoms with van der Waals surface area (Å²) in [5.74, 6) is 0. The van der Waals surface area contributed by atoms with E-state index in [0.29, 0.717) is 18.2 Å². The van der Waals surface area contributed by atoms with Gasteiger partial charge in [-0.25, -0.2) is 0 Å². The van der Waals surface area contributed by atoms with Gasteiger partial charge >= 0.3 is 0 Å². The van der Waals surface area contributed by atoms with Crippen LogP contribution in [0.1, 0.15) is 37.4 Å². The lowest BCUT2D eigenvalue weighted by Crippen LogP contribution is -2.27. The monoisotopic (exact) mass is 207 g/mol. The van der Waals surface area contributed by atoms with Crippen LogP contribution in [0.4, 0.5) is 5.69 Å². The molecule has 2 aliphatic heterocycles. The lowest BCUT2D eigenvalue weighted by molar-refractivity contribution is -0.0181. The predicted molar refractivity (Wildman–Crippen MR) is 57.5 cm³/mol. The second-order valence-corrected chi connectivity index (χ2v) is 4.73. The first-order valence-corrected chi connectivity index (χ1v) is 5.69. The number of nitrogens with zero attached hydrogens (tertiary/aromatic N) is 2. The summed E-state index contributed by atoms with van der Waals surface area (Å²) in [7, 11) is 0. The van der Waals surface area contributed by atoms with Gasteiger partial charge in [0.15, 0.2) is 0 Å². The first-order chi connectivity index (χ1) is 7.22. The van der Waals surface area contributed by atoms with Gasteiger partial charge in [-0.05, 0) is 32.6 Å². The number of fused-ring (bicyclic) bond motifs is 2.